The van der Waals surface area contributed by atoms with E-state index in [9.17, 15) is 4.79 Å². The number of nitrogens with zero attached hydrogens (tertiary/aromatic N) is 1. The molecule has 0 aliphatic heterocycles. The van der Waals surface area contributed by atoms with Gasteiger partial charge in [-0.05, 0) is 19.1 Å². The molecule has 0 saturated carbocycles. The van der Waals surface area contributed by atoms with Crippen molar-refractivity contribution in [2.45, 2.75) is 13.5 Å². The number of thiophene rings is 1. The molecule has 0 aliphatic rings. The normalized spacial score (nSPS) is 11.4. The van der Waals surface area contributed by atoms with Gasteiger partial charge in [-0.2, -0.15) is 0 Å². The molecule has 22 heavy (non-hydrogen) atoms. The van der Waals surface area contributed by atoms with Gasteiger partial charge in [-0.3, -0.25) is 0 Å². The van der Waals surface area contributed by atoms with Gasteiger partial charge in [0.15, 0.2) is 0 Å². The van der Waals surface area contributed by atoms with Crippen molar-refractivity contribution in [1.82, 2.24) is 4.98 Å². The van der Waals surface area contributed by atoms with Gasteiger partial charge in [0.2, 0.25) is 0 Å². The summed E-state index contributed by atoms with van der Waals surface area (Å²) in [4.78, 5) is 16.9. The topological polar surface area (TPSA) is 39.2 Å². The maximum atomic E-state index is 11.8. The van der Waals surface area contributed by atoms with Crippen LogP contribution in [0.3, 0.4) is 0 Å². The summed E-state index contributed by atoms with van der Waals surface area (Å²) in [7, 11) is 0. The maximum absolute atomic E-state index is 11.8. The van der Waals surface area contributed by atoms with Gasteiger partial charge >= 0.3 is 5.97 Å². The van der Waals surface area contributed by atoms with E-state index in [0.29, 0.717) is 5.02 Å². The highest BCUT2D eigenvalue weighted by molar-refractivity contribution is 7.19. The molecule has 112 valence electrons. The SMILES string of the molecule is Cc1nc(/C=C/C(=O)OCc2sc3ccccc3c2Cl)cs1. The Labute approximate surface area is 140 Å². The van der Waals surface area contributed by atoms with Gasteiger partial charge in [-0.25, -0.2) is 9.78 Å². The number of fused-ring (bicyclic) bond motifs is 1. The van der Waals surface area contributed by atoms with E-state index < -0.39 is 5.97 Å². The summed E-state index contributed by atoms with van der Waals surface area (Å²) >= 11 is 9.39. The lowest BCUT2D eigenvalue weighted by Gasteiger charge is -1.99. The third-order valence-corrected chi connectivity index (χ3v) is 5.45. The molecule has 0 unspecified atom stereocenters. The third kappa shape index (κ3) is 3.38. The molecule has 3 rings (SSSR count). The van der Waals surface area contributed by atoms with Crippen molar-refractivity contribution in [1.29, 1.82) is 0 Å². The lowest BCUT2D eigenvalue weighted by atomic mass is 10.2. The van der Waals surface area contributed by atoms with E-state index in [1.807, 2.05) is 36.6 Å². The monoisotopic (exact) mass is 349 g/mol. The lowest BCUT2D eigenvalue weighted by molar-refractivity contribution is -0.138. The molecule has 0 aliphatic carbocycles. The summed E-state index contributed by atoms with van der Waals surface area (Å²) in [6.07, 6.45) is 3.04. The lowest BCUT2D eigenvalue weighted by Crippen LogP contribution is -1.99. The molecule has 1 aromatic carbocycles. The van der Waals surface area contributed by atoms with Crippen LogP contribution in [0.4, 0.5) is 0 Å². The highest BCUT2D eigenvalue weighted by Crippen LogP contribution is 2.35. The zero-order valence-corrected chi connectivity index (χ0v) is 14.1. The molecule has 2 heterocycles. The van der Waals surface area contributed by atoms with E-state index in [2.05, 4.69) is 4.98 Å². The number of aromatic nitrogens is 1. The van der Waals surface area contributed by atoms with Gasteiger partial charge in [0, 0.05) is 21.5 Å². The summed E-state index contributed by atoms with van der Waals surface area (Å²) < 4.78 is 6.33. The molecule has 0 spiro atoms. The first kappa shape index (κ1) is 15.2. The minimum absolute atomic E-state index is 0.178. The number of thiazole rings is 1. The first-order chi connectivity index (χ1) is 10.6. The molecule has 0 saturated heterocycles. The number of carbonyl (C=O) groups excluding carboxylic acids is 1. The van der Waals surface area contributed by atoms with Gasteiger partial charge in [0.05, 0.1) is 20.6 Å². The van der Waals surface area contributed by atoms with Crippen LogP contribution in [0.2, 0.25) is 5.02 Å². The van der Waals surface area contributed by atoms with E-state index in [-0.39, 0.29) is 6.61 Å². The third-order valence-electron chi connectivity index (χ3n) is 2.97. The van der Waals surface area contributed by atoms with Crippen LogP contribution in [0.5, 0.6) is 0 Å². The minimum Gasteiger partial charge on any atom is -0.457 e. The molecule has 3 aromatic rings. The number of benzene rings is 1. The van der Waals surface area contributed by atoms with E-state index in [0.717, 1.165) is 25.7 Å². The first-order valence-corrected chi connectivity index (χ1v) is 8.64. The van der Waals surface area contributed by atoms with E-state index in [1.165, 1.54) is 17.4 Å². The number of hydrogen-bond acceptors (Lipinski definition) is 5. The van der Waals surface area contributed by atoms with Crippen molar-refractivity contribution in [2.24, 2.45) is 0 Å². The quantitative estimate of drug-likeness (QED) is 0.487. The number of hydrogen-bond donors (Lipinski definition) is 0. The summed E-state index contributed by atoms with van der Waals surface area (Å²) in [6, 6.07) is 7.87. The second kappa shape index (κ2) is 6.60. The highest BCUT2D eigenvalue weighted by atomic mass is 35.5. The number of rotatable bonds is 4. The Bertz CT molecular complexity index is 851. The predicted octanol–water partition coefficient (Wildman–Crippen LogP) is 5.08. The van der Waals surface area contributed by atoms with Crippen molar-refractivity contribution < 1.29 is 9.53 Å². The summed E-state index contributed by atoms with van der Waals surface area (Å²) in [6.45, 7) is 2.10. The van der Waals surface area contributed by atoms with Crippen LogP contribution < -0.4 is 0 Å². The molecule has 0 atom stereocenters. The number of esters is 1. The molecule has 0 amide bonds. The largest absolute Gasteiger partial charge is 0.457 e. The minimum atomic E-state index is -0.404. The van der Waals surface area contributed by atoms with Gasteiger partial charge in [0.25, 0.3) is 0 Å². The van der Waals surface area contributed by atoms with Crippen LogP contribution in [0.25, 0.3) is 16.2 Å². The molecule has 6 heteroatoms. The van der Waals surface area contributed by atoms with Gasteiger partial charge in [-0.1, -0.05) is 29.8 Å². The molecule has 2 aromatic heterocycles. The molecule has 0 fully saturated rings. The Morgan fingerprint density at radius 2 is 2.23 bits per heavy atom. The zero-order chi connectivity index (χ0) is 15.5. The second-order valence-electron chi connectivity index (χ2n) is 4.57. The van der Waals surface area contributed by atoms with Crippen LogP contribution in [-0.2, 0) is 16.1 Å². The molecule has 0 N–H and O–H groups in total. The fourth-order valence-corrected chi connectivity index (χ4v) is 3.93. The van der Waals surface area contributed by atoms with Crippen molar-refractivity contribution in [2.75, 3.05) is 0 Å². The molecule has 0 bridgehead atoms. The Kier molecular flexibility index (Phi) is 4.57. The summed E-state index contributed by atoms with van der Waals surface area (Å²) in [5, 5.41) is 4.51. The number of ether oxygens (including phenoxy) is 1. The van der Waals surface area contributed by atoms with Crippen LogP contribution in [-0.4, -0.2) is 11.0 Å². The van der Waals surface area contributed by atoms with Gasteiger partial charge in [-0.15, -0.1) is 22.7 Å². The Morgan fingerprint density at radius 3 is 2.95 bits per heavy atom. The highest BCUT2D eigenvalue weighted by Gasteiger charge is 2.11. The summed E-state index contributed by atoms with van der Waals surface area (Å²) in [5.74, 6) is -0.404. The van der Waals surface area contributed by atoms with E-state index in [4.69, 9.17) is 16.3 Å². The molecule has 3 nitrogen and oxygen atoms in total. The van der Waals surface area contributed by atoms with E-state index >= 15 is 0 Å². The van der Waals surface area contributed by atoms with Gasteiger partial charge < -0.3 is 4.74 Å². The standard InChI is InChI=1S/C16H12ClNO2S2/c1-10-18-11(9-21-10)6-7-15(19)20-8-14-16(17)12-4-2-3-5-13(12)22-14/h2-7,9H,8H2,1H3/b7-6+. The number of aryl methyl sites for hydroxylation is 1. The fourth-order valence-electron chi connectivity index (χ4n) is 1.95. The Balaban J connectivity index is 1.65. The second-order valence-corrected chi connectivity index (χ2v) is 7.14. The Hall–Kier alpha value is -1.69. The van der Waals surface area contributed by atoms with Crippen LogP contribution in [0, 0.1) is 6.92 Å². The van der Waals surface area contributed by atoms with Crippen LogP contribution in [0.15, 0.2) is 35.7 Å². The molecular formula is C16H12ClNO2S2. The first-order valence-electron chi connectivity index (χ1n) is 6.56. The number of carbonyl (C=O) groups is 1. The van der Waals surface area contributed by atoms with Crippen molar-refractivity contribution in [3.05, 3.63) is 56.3 Å². The summed E-state index contributed by atoms with van der Waals surface area (Å²) in [5.41, 5.74) is 0.763. The van der Waals surface area contributed by atoms with Crippen molar-refractivity contribution >= 4 is 56.4 Å². The average Bonchev–Trinajstić information content (AvgIpc) is 3.07. The van der Waals surface area contributed by atoms with Crippen molar-refractivity contribution in [3.63, 3.8) is 0 Å². The predicted molar refractivity (Wildman–Crippen MR) is 92.5 cm³/mol. The van der Waals surface area contributed by atoms with Crippen molar-refractivity contribution in [3.8, 4) is 0 Å². The Morgan fingerprint density at radius 1 is 1.41 bits per heavy atom. The average molecular weight is 350 g/mol. The zero-order valence-electron chi connectivity index (χ0n) is 11.7. The van der Waals surface area contributed by atoms with Crippen LogP contribution >= 0.6 is 34.3 Å². The van der Waals surface area contributed by atoms with Crippen LogP contribution in [0.1, 0.15) is 15.6 Å². The number of halogens is 1. The smallest absolute Gasteiger partial charge is 0.331 e. The fraction of sp³-hybridized carbons (Fsp3) is 0.125. The molecule has 0 radical (unpaired) electrons. The molecular weight excluding hydrogens is 338 g/mol. The van der Waals surface area contributed by atoms with E-state index in [1.54, 1.807) is 17.4 Å². The maximum Gasteiger partial charge on any atom is 0.331 e. The van der Waals surface area contributed by atoms with Gasteiger partial charge in [0.1, 0.15) is 6.61 Å².